The molecule has 1 aliphatic heterocycles. The third-order valence-electron chi connectivity index (χ3n) is 6.06. The molecule has 0 atom stereocenters. The van der Waals surface area contributed by atoms with Crippen molar-refractivity contribution >= 4 is 23.2 Å². The predicted molar refractivity (Wildman–Crippen MR) is 120 cm³/mol. The lowest BCUT2D eigenvalue weighted by Gasteiger charge is -2.44. The monoisotopic (exact) mass is 473 g/mol. The van der Waals surface area contributed by atoms with Crippen molar-refractivity contribution in [3.05, 3.63) is 64.9 Å². The number of carbonyl (C=O) groups is 1. The van der Waals surface area contributed by atoms with Gasteiger partial charge < -0.3 is 14.4 Å². The summed E-state index contributed by atoms with van der Waals surface area (Å²) in [5.74, 6) is -1.93. The molecule has 2 aliphatic rings. The highest BCUT2D eigenvalue weighted by molar-refractivity contribution is 6.30. The summed E-state index contributed by atoms with van der Waals surface area (Å²) in [6.07, 6.45) is 1.46. The molecule has 1 aromatic heterocycles. The third-order valence-corrected chi connectivity index (χ3v) is 6.32. The van der Waals surface area contributed by atoms with E-state index in [9.17, 15) is 13.6 Å². The zero-order valence-electron chi connectivity index (χ0n) is 18.1. The number of ether oxygens (including phenoxy) is 2. The molecule has 0 spiro atoms. The lowest BCUT2D eigenvalue weighted by atomic mass is 9.68. The standard InChI is InChI=1S/C24H22ClF2N3O3/c1-23(12-24(26,27)13-23)14-33-19-8-7-18(9-20(19)32-2)29-10-15-11-30(28-21(15)22(29)31)17-5-3-16(25)4-6-17/h3-9,11H,10,12-14H2,1-2H3. The van der Waals surface area contributed by atoms with E-state index in [4.69, 9.17) is 21.1 Å². The molecule has 1 fully saturated rings. The number of carbonyl (C=O) groups excluding carboxylic acids is 1. The maximum absolute atomic E-state index is 13.3. The molecule has 1 saturated carbocycles. The van der Waals surface area contributed by atoms with E-state index < -0.39 is 11.3 Å². The molecule has 2 heterocycles. The van der Waals surface area contributed by atoms with E-state index in [-0.39, 0.29) is 25.4 Å². The molecule has 0 saturated heterocycles. The number of benzene rings is 2. The summed E-state index contributed by atoms with van der Waals surface area (Å²) in [4.78, 5) is 14.6. The van der Waals surface area contributed by atoms with Crippen LogP contribution in [0.5, 0.6) is 11.5 Å². The summed E-state index contributed by atoms with van der Waals surface area (Å²) in [5, 5.41) is 5.08. The molecule has 0 radical (unpaired) electrons. The lowest BCUT2D eigenvalue weighted by Crippen LogP contribution is -2.47. The van der Waals surface area contributed by atoms with E-state index in [1.165, 1.54) is 7.11 Å². The van der Waals surface area contributed by atoms with Crippen LogP contribution in [0.25, 0.3) is 5.69 Å². The van der Waals surface area contributed by atoms with Gasteiger partial charge in [-0.1, -0.05) is 18.5 Å². The summed E-state index contributed by atoms with van der Waals surface area (Å²) < 4.78 is 39.4. The Hall–Kier alpha value is -3.13. The van der Waals surface area contributed by atoms with Gasteiger partial charge in [-0.05, 0) is 36.4 Å². The molecular formula is C24H22ClF2N3O3. The second kappa shape index (κ2) is 7.73. The molecular weight excluding hydrogens is 452 g/mol. The average molecular weight is 474 g/mol. The van der Waals surface area contributed by atoms with E-state index in [1.807, 2.05) is 18.3 Å². The third kappa shape index (κ3) is 4.04. The zero-order valence-corrected chi connectivity index (χ0v) is 18.9. The molecule has 2 aromatic carbocycles. The van der Waals surface area contributed by atoms with Crippen LogP contribution in [0.4, 0.5) is 14.5 Å². The molecule has 1 aliphatic carbocycles. The maximum Gasteiger partial charge on any atom is 0.279 e. The number of fused-ring (bicyclic) bond motifs is 1. The number of hydrogen-bond acceptors (Lipinski definition) is 4. The van der Waals surface area contributed by atoms with Gasteiger partial charge in [0.05, 0.1) is 25.9 Å². The van der Waals surface area contributed by atoms with E-state index in [0.717, 1.165) is 11.3 Å². The topological polar surface area (TPSA) is 56.6 Å². The van der Waals surface area contributed by atoms with E-state index in [2.05, 4.69) is 5.10 Å². The van der Waals surface area contributed by atoms with Gasteiger partial charge in [-0.15, -0.1) is 0 Å². The Bertz CT molecular complexity index is 1220. The summed E-state index contributed by atoms with van der Waals surface area (Å²) in [7, 11) is 1.50. The Morgan fingerprint density at radius 2 is 1.79 bits per heavy atom. The Kier molecular flexibility index (Phi) is 5.08. The Morgan fingerprint density at radius 1 is 1.09 bits per heavy atom. The number of alkyl halides is 2. The smallest absolute Gasteiger partial charge is 0.279 e. The molecule has 172 valence electrons. The number of hydrogen-bond donors (Lipinski definition) is 0. The fraction of sp³-hybridized carbons (Fsp3) is 0.333. The van der Waals surface area contributed by atoms with Gasteiger partial charge >= 0.3 is 0 Å². The van der Waals surface area contributed by atoms with E-state index >= 15 is 0 Å². The highest BCUT2D eigenvalue weighted by atomic mass is 35.5. The first-order valence-corrected chi connectivity index (χ1v) is 10.9. The number of methoxy groups -OCH3 is 1. The van der Waals surface area contributed by atoms with Gasteiger partial charge in [0, 0.05) is 46.8 Å². The second-order valence-corrected chi connectivity index (χ2v) is 9.40. The first-order valence-electron chi connectivity index (χ1n) is 10.5. The fourth-order valence-electron chi connectivity index (χ4n) is 4.50. The minimum Gasteiger partial charge on any atom is -0.493 e. The molecule has 1 amide bonds. The van der Waals surface area contributed by atoms with Crippen molar-refractivity contribution in [3.8, 4) is 17.2 Å². The van der Waals surface area contributed by atoms with E-state index in [1.54, 1.807) is 46.8 Å². The van der Waals surface area contributed by atoms with Crippen molar-refractivity contribution in [2.75, 3.05) is 18.6 Å². The Labute approximate surface area is 194 Å². The van der Waals surface area contributed by atoms with Crippen LogP contribution in [0, 0.1) is 5.41 Å². The number of halogens is 3. The van der Waals surface area contributed by atoms with Crippen LogP contribution in [0.2, 0.25) is 5.02 Å². The lowest BCUT2D eigenvalue weighted by molar-refractivity contribution is -0.164. The van der Waals surface area contributed by atoms with E-state index in [0.29, 0.717) is 34.4 Å². The zero-order chi connectivity index (χ0) is 23.4. The van der Waals surface area contributed by atoms with Crippen molar-refractivity contribution in [2.45, 2.75) is 32.2 Å². The van der Waals surface area contributed by atoms with Gasteiger partial charge in [0.2, 0.25) is 5.92 Å². The average Bonchev–Trinajstić information content (AvgIpc) is 3.31. The number of nitrogens with zero attached hydrogens (tertiary/aromatic N) is 3. The summed E-state index contributed by atoms with van der Waals surface area (Å²) in [6, 6.07) is 12.4. The first-order chi connectivity index (χ1) is 15.7. The van der Waals surface area contributed by atoms with Crippen molar-refractivity contribution < 1.29 is 23.0 Å². The van der Waals surface area contributed by atoms with Gasteiger partial charge in [0.15, 0.2) is 17.2 Å². The van der Waals surface area contributed by atoms with Crippen molar-refractivity contribution in [3.63, 3.8) is 0 Å². The minimum absolute atomic E-state index is 0.172. The summed E-state index contributed by atoms with van der Waals surface area (Å²) >= 11 is 5.94. The number of anilines is 1. The SMILES string of the molecule is COc1cc(N2Cc3cn(-c4ccc(Cl)cc4)nc3C2=O)ccc1OCC1(C)CC(F)(F)C1. The highest BCUT2D eigenvalue weighted by Crippen LogP contribution is 2.52. The van der Waals surface area contributed by atoms with Crippen molar-refractivity contribution in [2.24, 2.45) is 5.41 Å². The maximum atomic E-state index is 13.3. The molecule has 0 unspecified atom stereocenters. The van der Waals surface area contributed by atoms with Crippen LogP contribution >= 0.6 is 11.6 Å². The van der Waals surface area contributed by atoms with Gasteiger partial charge in [0.1, 0.15) is 0 Å². The van der Waals surface area contributed by atoms with Crippen LogP contribution in [0.15, 0.2) is 48.7 Å². The molecule has 0 bridgehead atoms. The predicted octanol–water partition coefficient (Wildman–Crippen LogP) is 5.51. The minimum atomic E-state index is -2.61. The molecule has 6 nitrogen and oxygen atoms in total. The first kappa shape index (κ1) is 21.7. The normalized spacial score (nSPS) is 18.1. The number of amides is 1. The number of aromatic nitrogens is 2. The highest BCUT2D eigenvalue weighted by Gasteiger charge is 2.54. The largest absolute Gasteiger partial charge is 0.493 e. The van der Waals surface area contributed by atoms with Crippen LogP contribution < -0.4 is 14.4 Å². The Morgan fingerprint density at radius 3 is 2.42 bits per heavy atom. The van der Waals surface area contributed by atoms with Crippen molar-refractivity contribution in [1.29, 1.82) is 0 Å². The van der Waals surface area contributed by atoms with Crippen LogP contribution in [0.3, 0.4) is 0 Å². The molecule has 9 heteroatoms. The van der Waals surface area contributed by atoms with Crippen LogP contribution in [0.1, 0.15) is 35.8 Å². The van der Waals surface area contributed by atoms with Gasteiger partial charge in [-0.3, -0.25) is 4.79 Å². The molecule has 3 aromatic rings. The van der Waals surface area contributed by atoms with Gasteiger partial charge in [-0.25, -0.2) is 13.5 Å². The second-order valence-electron chi connectivity index (χ2n) is 8.96. The van der Waals surface area contributed by atoms with Crippen molar-refractivity contribution in [1.82, 2.24) is 9.78 Å². The summed E-state index contributed by atoms with van der Waals surface area (Å²) in [6.45, 7) is 2.33. The van der Waals surface area contributed by atoms with Gasteiger partial charge in [-0.2, -0.15) is 5.10 Å². The Balaban J connectivity index is 1.31. The van der Waals surface area contributed by atoms with Crippen LogP contribution in [-0.4, -0.2) is 35.3 Å². The quantitative estimate of drug-likeness (QED) is 0.473. The number of rotatable bonds is 6. The summed E-state index contributed by atoms with van der Waals surface area (Å²) in [5.41, 5.74) is 2.10. The molecule has 33 heavy (non-hydrogen) atoms. The van der Waals surface area contributed by atoms with Gasteiger partial charge in [0.25, 0.3) is 5.91 Å². The fourth-order valence-corrected chi connectivity index (χ4v) is 4.63. The molecule has 0 N–H and O–H groups in total. The van der Waals surface area contributed by atoms with Crippen LogP contribution in [-0.2, 0) is 6.54 Å². The molecule has 5 rings (SSSR count).